The van der Waals surface area contributed by atoms with Gasteiger partial charge in [0.1, 0.15) is 12.4 Å². The van der Waals surface area contributed by atoms with Gasteiger partial charge in [-0.05, 0) is 18.2 Å². The van der Waals surface area contributed by atoms with E-state index in [0.29, 0.717) is 10.8 Å². The predicted molar refractivity (Wildman–Crippen MR) is 60.1 cm³/mol. The van der Waals surface area contributed by atoms with Gasteiger partial charge < -0.3 is 5.32 Å². The van der Waals surface area contributed by atoms with Crippen LogP contribution >= 0.6 is 11.6 Å². The van der Waals surface area contributed by atoms with Gasteiger partial charge >= 0.3 is 0 Å². The van der Waals surface area contributed by atoms with Gasteiger partial charge in [-0.1, -0.05) is 11.6 Å². The number of aromatic nitrogens is 3. The third kappa shape index (κ3) is 2.80. The van der Waals surface area contributed by atoms with Gasteiger partial charge in [-0.2, -0.15) is 5.10 Å². The molecule has 0 atom stereocenters. The van der Waals surface area contributed by atoms with Crippen molar-refractivity contribution in [2.75, 3.05) is 5.32 Å². The van der Waals surface area contributed by atoms with E-state index in [0.717, 1.165) is 0 Å². The monoisotopic (exact) mass is 236 g/mol. The molecule has 16 heavy (non-hydrogen) atoms. The van der Waals surface area contributed by atoms with Crippen LogP contribution in [0.5, 0.6) is 0 Å². The lowest BCUT2D eigenvalue weighted by Gasteiger charge is -2.04. The molecule has 6 heteroatoms. The van der Waals surface area contributed by atoms with Crippen LogP contribution in [-0.2, 0) is 11.3 Å². The number of carbonyl (C=O) groups is 1. The summed E-state index contributed by atoms with van der Waals surface area (Å²) in [6, 6.07) is 4.98. The summed E-state index contributed by atoms with van der Waals surface area (Å²) in [7, 11) is 0. The van der Waals surface area contributed by atoms with E-state index >= 15 is 0 Å². The van der Waals surface area contributed by atoms with Crippen molar-refractivity contribution in [2.24, 2.45) is 0 Å². The van der Waals surface area contributed by atoms with Crippen molar-refractivity contribution < 1.29 is 4.79 Å². The molecule has 0 spiro atoms. The van der Waals surface area contributed by atoms with Gasteiger partial charge in [0.15, 0.2) is 0 Å². The minimum atomic E-state index is -0.196. The first-order valence-electron chi connectivity index (χ1n) is 4.63. The fourth-order valence-electron chi connectivity index (χ4n) is 1.20. The summed E-state index contributed by atoms with van der Waals surface area (Å²) >= 11 is 5.76. The highest BCUT2D eigenvalue weighted by atomic mass is 35.5. The van der Waals surface area contributed by atoms with E-state index in [4.69, 9.17) is 11.6 Å². The highest BCUT2D eigenvalue weighted by Crippen LogP contribution is 2.11. The summed E-state index contributed by atoms with van der Waals surface area (Å²) in [6.07, 6.45) is 4.86. The van der Waals surface area contributed by atoms with Crippen LogP contribution in [0.4, 0.5) is 5.82 Å². The number of halogens is 1. The standard InChI is InChI=1S/C10H9ClN4O/c11-8-2-4-12-9(6-8)14-10(16)7-15-5-1-3-13-15/h1-6H,7H2,(H,12,14,16). The Morgan fingerprint density at radius 3 is 3.06 bits per heavy atom. The molecule has 0 aromatic carbocycles. The number of pyridine rings is 1. The number of anilines is 1. The molecule has 2 aromatic rings. The fourth-order valence-corrected chi connectivity index (χ4v) is 1.36. The van der Waals surface area contributed by atoms with Crippen molar-refractivity contribution in [3.8, 4) is 0 Å². The molecule has 0 unspecified atom stereocenters. The molecule has 2 rings (SSSR count). The molecule has 0 saturated carbocycles. The van der Waals surface area contributed by atoms with Crippen LogP contribution in [-0.4, -0.2) is 20.7 Å². The maximum atomic E-state index is 11.5. The Hall–Kier alpha value is -1.88. The molecule has 82 valence electrons. The Bertz CT molecular complexity index is 483. The van der Waals surface area contributed by atoms with E-state index in [1.807, 2.05) is 0 Å². The SMILES string of the molecule is O=C(Cn1cccn1)Nc1cc(Cl)ccn1. The number of amides is 1. The topological polar surface area (TPSA) is 59.8 Å². The zero-order chi connectivity index (χ0) is 11.4. The molecular weight excluding hydrogens is 228 g/mol. The van der Waals surface area contributed by atoms with E-state index in [9.17, 15) is 4.79 Å². The molecule has 0 aliphatic carbocycles. The summed E-state index contributed by atoms with van der Waals surface area (Å²) in [5, 5.41) is 7.08. The third-order valence-electron chi connectivity index (χ3n) is 1.85. The first-order valence-corrected chi connectivity index (χ1v) is 5.01. The van der Waals surface area contributed by atoms with Crippen LogP contribution in [0.1, 0.15) is 0 Å². The summed E-state index contributed by atoms with van der Waals surface area (Å²) < 4.78 is 1.53. The van der Waals surface area contributed by atoms with Crippen molar-refractivity contribution in [2.45, 2.75) is 6.54 Å². The number of hydrogen-bond donors (Lipinski definition) is 1. The van der Waals surface area contributed by atoms with Gasteiger partial charge in [-0.3, -0.25) is 9.48 Å². The molecule has 5 nitrogen and oxygen atoms in total. The normalized spacial score (nSPS) is 10.1. The molecule has 1 amide bonds. The number of nitrogens with zero attached hydrogens (tertiary/aromatic N) is 3. The third-order valence-corrected chi connectivity index (χ3v) is 2.09. The fraction of sp³-hybridized carbons (Fsp3) is 0.100. The zero-order valence-electron chi connectivity index (χ0n) is 8.30. The lowest BCUT2D eigenvalue weighted by Crippen LogP contribution is -2.19. The summed E-state index contributed by atoms with van der Waals surface area (Å²) in [5.41, 5.74) is 0. The van der Waals surface area contributed by atoms with Gasteiger partial charge in [0, 0.05) is 23.6 Å². The van der Waals surface area contributed by atoms with Gasteiger partial charge in [0.05, 0.1) is 0 Å². The maximum Gasteiger partial charge on any atom is 0.247 e. The van der Waals surface area contributed by atoms with Crippen molar-refractivity contribution in [3.05, 3.63) is 41.8 Å². The number of rotatable bonds is 3. The first-order chi connectivity index (χ1) is 7.74. The summed E-state index contributed by atoms with van der Waals surface area (Å²) in [5.74, 6) is 0.239. The van der Waals surface area contributed by atoms with E-state index in [1.165, 1.54) is 10.9 Å². The molecule has 0 bridgehead atoms. The molecule has 0 aliphatic rings. The smallest absolute Gasteiger partial charge is 0.247 e. The van der Waals surface area contributed by atoms with Gasteiger partial charge in [0.2, 0.25) is 5.91 Å². The molecule has 0 fully saturated rings. The highest BCUT2D eigenvalue weighted by molar-refractivity contribution is 6.30. The quantitative estimate of drug-likeness (QED) is 0.880. The molecule has 1 N–H and O–H groups in total. The molecule has 0 aliphatic heterocycles. The Labute approximate surface area is 97.1 Å². The van der Waals surface area contributed by atoms with Crippen molar-refractivity contribution in [1.29, 1.82) is 0 Å². The van der Waals surface area contributed by atoms with Gasteiger partial charge in [0.25, 0.3) is 0 Å². The Kier molecular flexibility index (Phi) is 3.16. The van der Waals surface area contributed by atoms with Gasteiger partial charge in [-0.25, -0.2) is 4.98 Å². The number of hydrogen-bond acceptors (Lipinski definition) is 3. The molecule has 0 radical (unpaired) electrons. The lowest BCUT2D eigenvalue weighted by atomic mass is 10.4. The second kappa shape index (κ2) is 4.76. The summed E-state index contributed by atoms with van der Waals surface area (Å²) in [6.45, 7) is 0.154. The van der Waals surface area contributed by atoms with Crippen molar-refractivity contribution in [3.63, 3.8) is 0 Å². The largest absolute Gasteiger partial charge is 0.309 e. The highest BCUT2D eigenvalue weighted by Gasteiger charge is 2.04. The van der Waals surface area contributed by atoms with Crippen LogP contribution in [0.3, 0.4) is 0 Å². The number of nitrogens with one attached hydrogen (secondary N) is 1. The Balaban J connectivity index is 1.97. The minimum absolute atomic E-state index is 0.154. The molecular formula is C10H9ClN4O. The Morgan fingerprint density at radius 2 is 2.38 bits per heavy atom. The van der Waals surface area contributed by atoms with E-state index in [-0.39, 0.29) is 12.5 Å². The van der Waals surface area contributed by atoms with Crippen LogP contribution in [0.25, 0.3) is 0 Å². The van der Waals surface area contributed by atoms with Gasteiger partial charge in [-0.15, -0.1) is 0 Å². The average Bonchev–Trinajstić information content (AvgIpc) is 2.70. The minimum Gasteiger partial charge on any atom is -0.309 e. The zero-order valence-corrected chi connectivity index (χ0v) is 9.05. The van der Waals surface area contributed by atoms with Crippen LogP contribution < -0.4 is 5.32 Å². The molecule has 2 aromatic heterocycles. The first kappa shape index (κ1) is 10.6. The maximum absolute atomic E-state index is 11.5. The molecule has 2 heterocycles. The van der Waals surface area contributed by atoms with Crippen LogP contribution in [0.2, 0.25) is 5.02 Å². The van der Waals surface area contributed by atoms with E-state index < -0.39 is 0 Å². The van der Waals surface area contributed by atoms with E-state index in [2.05, 4.69) is 15.4 Å². The Morgan fingerprint density at radius 1 is 1.50 bits per heavy atom. The second-order valence-electron chi connectivity index (χ2n) is 3.11. The van der Waals surface area contributed by atoms with Crippen molar-refractivity contribution in [1.82, 2.24) is 14.8 Å². The second-order valence-corrected chi connectivity index (χ2v) is 3.55. The van der Waals surface area contributed by atoms with E-state index in [1.54, 1.807) is 30.6 Å². The lowest BCUT2D eigenvalue weighted by molar-refractivity contribution is -0.116. The average molecular weight is 237 g/mol. The van der Waals surface area contributed by atoms with Crippen LogP contribution in [0.15, 0.2) is 36.8 Å². The predicted octanol–water partition coefficient (Wildman–Crippen LogP) is 1.57. The summed E-state index contributed by atoms with van der Waals surface area (Å²) in [4.78, 5) is 15.5. The van der Waals surface area contributed by atoms with Crippen molar-refractivity contribution >= 4 is 23.3 Å². The molecule has 0 saturated heterocycles. The number of carbonyl (C=O) groups excluding carboxylic acids is 1. The van der Waals surface area contributed by atoms with Crippen LogP contribution in [0, 0.1) is 0 Å².